The summed E-state index contributed by atoms with van der Waals surface area (Å²) < 4.78 is 7.51. The van der Waals surface area contributed by atoms with Gasteiger partial charge in [0.25, 0.3) is 0 Å². The highest BCUT2D eigenvalue weighted by Crippen LogP contribution is 2.27. The van der Waals surface area contributed by atoms with Gasteiger partial charge in [0.05, 0.1) is 24.9 Å². The van der Waals surface area contributed by atoms with Gasteiger partial charge in [-0.25, -0.2) is 4.98 Å². The molecular formula is C16H17N3O. The van der Waals surface area contributed by atoms with Gasteiger partial charge in [0.2, 0.25) is 0 Å². The van der Waals surface area contributed by atoms with Gasteiger partial charge < -0.3 is 14.9 Å². The maximum atomic E-state index is 5.70. The van der Waals surface area contributed by atoms with Crippen LogP contribution in [0.1, 0.15) is 12.7 Å². The summed E-state index contributed by atoms with van der Waals surface area (Å²) in [4.78, 5) is 4.36. The Morgan fingerprint density at radius 2 is 2.00 bits per heavy atom. The van der Waals surface area contributed by atoms with Crippen molar-refractivity contribution in [3.8, 4) is 16.9 Å². The molecule has 2 aromatic heterocycles. The molecule has 20 heavy (non-hydrogen) atoms. The lowest BCUT2D eigenvalue weighted by molar-refractivity contribution is 0.340. The Kier molecular flexibility index (Phi) is 3.39. The van der Waals surface area contributed by atoms with Crippen molar-refractivity contribution in [2.24, 2.45) is 5.73 Å². The number of nitrogens with two attached hydrogens (primary N) is 1. The van der Waals surface area contributed by atoms with Crippen LogP contribution in [0.5, 0.6) is 5.75 Å². The highest BCUT2D eigenvalue weighted by atomic mass is 16.5. The molecule has 2 heterocycles. The molecule has 0 unspecified atom stereocenters. The van der Waals surface area contributed by atoms with Gasteiger partial charge in [-0.05, 0) is 30.7 Å². The number of pyridine rings is 1. The minimum atomic E-state index is 0.431. The summed E-state index contributed by atoms with van der Waals surface area (Å²) in [6, 6.07) is 12.2. The molecule has 4 heteroatoms. The maximum Gasteiger partial charge on any atom is 0.127 e. The Labute approximate surface area is 117 Å². The molecule has 3 rings (SSSR count). The zero-order valence-electron chi connectivity index (χ0n) is 11.4. The zero-order chi connectivity index (χ0) is 13.9. The summed E-state index contributed by atoms with van der Waals surface area (Å²) >= 11 is 0. The normalized spacial score (nSPS) is 10.9. The van der Waals surface area contributed by atoms with E-state index in [9.17, 15) is 0 Å². The van der Waals surface area contributed by atoms with Gasteiger partial charge in [-0.2, -0.15) is 0 Å². The van der Waals surface area contributed by atoms with Gasteiger partial charge in [0.1, 0.15) is 11.6 Å². The van der Waals surface area contributed by atoms with Crippen molar-refractivity contribution in [2.75, 3.05) is 6.61 Å². The molecular weight excluding hydrogens is 250 g/mol. The molecule has 1 aromatic carbocycles. The van der Waals surface area contributed by atoms with E-state index >= 15 is 0 Å². The minimum Gasteiger partial charge on any atom is -0.494 e. The second-order valence-corrected chi connectivity index (χ2v) is 4.51. The number of benzene rings is 1. The summed E-state index contributed by atoms with van der Waals surface area (Å²) in [7, 11) is 0. The smallest absolute Gasteiger partial charge is 0.127 e. The molecule has 4 nitrogen and oxygen atoms in total. The molecule has 0 aliphatic rings. The van der Waals surface area contributed by atoms with Gasteiger partial charge in [0.15, 0.2) is 0 Å². The monoisotopic (exact) mass is 267 g/mol. The number of nitrogens with zero attached hydrogens (tertiary/aromatic N) is 2. The molecule has 3 aromatic rings. The van der Waals surface area contributed by atoms with Crippen LogP contribution >= 0.6 is 0 Å². The first-order chi connectivity index (χ1) is 9.83. The molecule has 0 atom stereocenters. The van der Waals surface area contributed by atoms with E-state index < -0.39 is 0 Å². The molecule has 0 aliphatic heterocycles. The average Bonchev–Trinajstić information content (AvgIpc) is 2.91. The molecule has 0 fully saturated rings. The van der Waals surface area contributed by atoms with Crippen LogP contribution < -0.4 is 10.5 Å². The lowest BCUT2D eigenvalue weighted by atomic mass is 10.1. The molecule has 0 saturated carbocycles. The van der Waals surface area contributed by atoms with Crippen molar-refractivity contribution in [1.82, 2.24) is 9.38 Å². The van der Waals surface area contributed by atoms with E-state index in [2.05, 4.69) is 23.2 Å². The van der Waals surface area contributed by atoms with Crippen LogP contribution in [0, 0.1) is 0 Å². The van der Waals surface area contributed by atoms with E-state index in [-0.39, 0.29) is 0 Å². The number of rotatable bonds is 4. The number of ether oxygens (including phenoxy) is 1. The summed E-state index contributed by atoms with van der Waals surface area (Å²) in [5.74, 6) is 1.76. The van der Waals surface area contributed by atoms with E-state index in [1.54, 1.807) is 0 Å². The van der Waals surface area contributed by atoms with Crippen molar-refractivity contribution in [3.63, 3.8) is 0 Å². The molecule has 0 amide bonds. The summed E-state index contributed by atoms with van der Waals surface area (Å²) in [6.45, 7) is 3.09. The SMILES string of the molecule is CCOc1ccc(-c2cccn3c(CN)ncc23)cc1. The molecule has 102 valence electrons. The van der Waals surface area contributed by atoms with Crippen LogP contribution in [0.3, 0.4) is 0 Å². The third-order valence-electron chi connectivity index (χ3n) is 3.31. The van der Waals surface area contributed by atoms with E-state index in [0.29, 0.717) is 13.2 Å². The maximum absolute atomic E-state index is 5.70. The molecule has 0 radical (unpaired) electrons. The topological polar surface area (TPSA) is 52.5 Å². The Hall–Kier alpha value is -2.33. The highest BCUT2D eigenvalue weighted by Gasteiger charge is 2.07. The second kappa shape index (κ2) is 5.35. The molecule has 0 spiro atoms. The van der Waals surface area contributed by atoms with Crippen LogP contribution in [0.15, 0.2) is 48.8 Å². The van der Waals surface area contributed by atoms with Gasteiger partial charge in [-0.1, -0.05) is 18.2 Å². The van der Waals surface area contributed by atoms with Gasteiger partial charge >= 0.3 is 0 Å². The lowest BCUT2D eigenvalue weighted by Gasteiger charge is -2.07. The number of hydrogen-bond acceptors (Lipinski definition) is 3. The number of hydrogen-bond donors (Lipinski definition) is 1. The summed E-state index contributed by atoms with van der Waals surface area (Å²) in [6.07, 6.45) is 3.86. The Balaban J connectivity index is 2.07. The van der Waals surface area contributed by atoms with E-state index in [1.807, 2.05) is 41.9 Å². The highest BCUT2D eigenvalue weighted by molar-refractivity contribution is 5.80. The van der Waals surface area contributed by atoms with Gasteiger partial charge in [-0.3, -0.25) is 0 Å². The fourth-order valence-corrected chi connectivity index (χ4v) is 2.37. The Morgan fingerprint density at radius 3 is 2.70 bits per heavy atom. The third-order valence-corrected chi connectivity index (χ3v) is 3.31. The minimum absolute atomic E-state index is 0.431. The Morgan fingerprint density at radius 1 is 1.20 bits per heavy atom. The quantitative estimate of drug-likeness (QED) is 0.790. The van der Waals surface area contributed by atoms with Gasteiger partial charge in [0, 0.05) is 11.8 Å². The van der Waals surface area contributed by atoms with E-state index in [1.165, 1.54) is 0 Å². The number of imidazole rings is 1. The van der Waals surface area contributed by atoms with Crippen molar-refractivity contribution >= 4 is 5.52 Å². The van der Waals surface area contributed by atoms with Crippen LogP contribution in [0.2, 0.25) is 0 Å². The summed E-state index contributed by atoms with van der Waals surface area (Å²) in [5.41, 5.74) is 9.05. The molecule has 0 aliphatic carbocycles. The first kappa shape index (κ1) is 12.7. The molecule has 2 N–H and O–H groups in total. The third kappa shape index (κ3) is 2.14. The van der Waals surface area contributed by atoms with Crippen LogP contribution in [-0.2, 0) is 6.54 Å². The van der Waals surface area contributed by atoms with Crippen molar-refractivity contribution < 1.29 is 4.74 Å². The van der Waals surface area contributed by atoms with Crippen molar-refractivity contribution in [2.45, 2.75) is 13.5 Å². The predicted octanol–water partition coefficient (Wildman–Crippen LogP) is 2.86. The van der Waals surface area contributed by atoms with Gasteiger partial charge in [-0.15, -0.1) is 0 Å². The van der Waals surface area contributed by atoms with E-state index in [4.69, 9.17) is 10.5 Å². The second-order valence-electron chi connectivity index (χ2n) is 4.51. The first-order valence-electron chi connectivity index (χ1n) is 6.71. The lowest BCUT2D eigenvalue weighted by Crippen LogP contribution is -2.02. The molecule has 0 saturated heterocycles. The van der Waals surface area contributed by atoms with Crippen molar-refractivity contribution in [1.29, 1.82) is 0 Å². The fourth-order valence-electron chi connectivity index (χ4n) is 2.37. The fraction of sp³-hybridized carbons (Fsp3) is 0.188. The molecule has 0 bridgehead atoms. The largest absolute Gasteiger partial charge is 0.494 e. The standard InChI is InChI=1S/C16H17N3O/c1-2-20-13-7-5-12(6-8-13)14-4-3-9-19-15(14)11-18-16(19)10-17/h3-9,11H,2,10,17H2,1H3. The first-order valence-corrected chi connectivity index (χ1v) is 6.71. The average molecular weight is 267 g/mol. The Bertz CT molecular complexity index is 716. The number of aromatic nitrogens is 2. The van der Waals surface area contributed by atoms with E-state index in [0.717, 1.165) is 28.2 Å². The van der Waals surface area contributed by atoms with Crippen LogP contribution in [0.25, 0.3) is 16.6 Å². The van der Waals surface area contributed by atoms with Crippen LogP contribution in [-0.4, -0.2) is 16.0 Å². The van der Waals surface area contributed by atoms with Crippen LogP contribution in [0.4, 0.5) is 0 Å². The zero-order valence-corrected chi connectivity index (χ0v) is 11.4. The predicted molar refractivity (Wildman–Crippen MR) is 79.7 cm³/mol. The summed E-state index contributed by atoms with van der Waals surface area (Å²) in [5, 5.41) is 0. The number of fused-ring (bicyclic) bond motifs is 1. The van der Waals surface area contributed by atoms with Crippen molar-refractivity contribution in [3.05, 3.63) is 54.6 Å².